The summed E-state index contributed by atoms with van der Waals surface area (Å²) in [5.74, 6) is 0.0412. The minimum absolute atomic E-state index is 0.119. The molecule has 29 heavy (non-hydrogen) atoms. The zero-order valence-corrected chi connectivity index (χ0v) is 16.5. The van der Waals surface area contributed by atoms with E-state index >= 15 is 0 Å². The lowest BCUT2D eigenvalue weighted by Crippen LogP contribution is -2.38. The van der Waals surface area contributed by atoms with Crippen LogP contribution in [-0.4, -0.2) is 47.4 Å². The first-order valence-electron chi connectivity index (χ1n) is 10.3. The maximum Gasteiger partial charge on any atom is 0.303 e. The van der Waals surface area contributed by atoms with Gasteiger partial charge in [0.15, 0.2) is 0 Å². The number of hydrogen-bond donors (Lipinski definition) is 4. The van der Waals surface area contributed by atoms with Crippen molar-refractivity contribution in [3.8, 4) is 5.75 Å². The molecule has 0 saturated carbocycles. The van der Waals surface area contributed by atoms with Crippen LogP contribution in [0, 0.1) is 11.8 Å². The second kappa shape index (κ2) is 10.4. The van der Waals surface area contributed by atoms with E-state index in [-0.39, 0.29) is 36.8 Å². The fraction of sp³-hybridized carbons (Fsp3) is 0.545. The van der Waals surface area contributed by atoms with Gasteiger partial charge in [-0.1, -0.05) is 18.2 Å². The number of anilines is 1. The first-order chi connectivity index (χ1) is 14.0. The van der Waals surface area contributed by atoms with Crippen molar-refractivity contribution in [2.24, 2.45) is 11.8 Å². The highest BCUT2D eigenvalue weighted by molar-refractivity contribution is 5.92. The first kappa shape index (κ1) is 21.3. The van der Waals surface area contributed by atoms with Crippen LogP contribution < -0.4 is 10.6 Å². The number of allylic oxidation sites excluding steroid dienone is 2. The van der Waals surface area contributed by atoms with Crippen LogP contribution in [0.5, 0.6) is 5.75 Å². The van der Waals surface area contributed by atoms with Crippen LogP contribution in [0.3, 0.4) is 0 Å². The van der Waals surface area contributed by atoms with Crippen LogP contribution in [0.2, 0.25) is 0 Å². The fourth-order valence-corrected chi connectivity index (χ4v) is 4.36. The summed E-state index contributed by atoms with van der Waals surface area (Å²) < 4.78 is 6.09. The Morgan fingerprint density at radius 3 is 2.72 bits per heavy atom. The lowest BCUT2D eigenvalue weighted by molar-refractivity contribution is -0.137. The minimum Gasteiger partial charge on any atom is -0.508 e. The number of phenols is 1. The summed E-state index contributed by atoms with van der Waals surface area (Å²) in [7, 11) is 0. The summed E-state index contributed by atoms with van der Waals surface area (Å²) in [5, 5.41) is 24.2. The number of unbranched alkanes of at least 4 members (excludes halogenated alkanes) is 1. The van der Waals surface area contributed by atoms with Crippen LogP contribution in [-0.2, 0) is 14.3 Å². The van der Waals surface area contributed by atoms with E-state index in [4.69, 9.17) is 9.84 Å². The third-order valence-corrected chi connectivity index (χ3v) is 5.72. The Labute approximate surface area is 171 Å². The third kappa shape index (κ3) is 6.30. The number of amides is 1. The van der Waals surface area contributed by atoms with Gasteiger partial charge < -0.3 is 25.6 Å². The van der Waals surface area contributed by atoms with Gasteiger partial charge in [-0.05, 0) is 50.2 Å². The Hall–Kier alpha value is -2.38. The molecule has 2 heterocycles. The van der Waals surface area contributed by atoms with Gasteiger partial charge in [-0.3, -0.25) is 9.59 Å². The van der Waals surface area contributed by atoms with E-state index in [9.17, 15) is 14.7 Å². The topological polar surface area (TPSA) is 108 Å². The Kier molecular flexibility index (Phi) is 7.66. The van der Waals surface area contributed by atoms with Crippen molar-refractivity contribution in [3.05, 3.63) is 36.4 Å². The van der Waals surface area contributed by atoms with Crippen molar-refractivity contribution >= 4 is 17.6 Å². The summed E-state index contributed by atoms with van der Waals surface area (Å²) in [4.78, 5) is 22.7. The SMILES string of the molecule is O=C(O)CCCC=CC[C@@H]1[C@H](CNCC(=O)Nc2cccc(O)c2)[C@@H]2CC[C@H]1O2. The number of hydrogen-bond acceptors (Lipinski definition) is 5. The van der Waals surface area contributed by atoms with Gasteiger partial charge in [-0.15, -0.1) is 0 Å². The van der Waals surface area contributed by atoms with Gasteiger partial charge >= 0.3 is 5.97 Å². The predicted molar refractivity (Wildman–Crippen MR) is 110 cm³/mol. The number of benzene rings is 1. The third-order valence-electron chi connectivity index (χ3n) is 5.72. The Balaban J connectivity index is 1.40. The van der Waals surface area contributed by atoms with E-state index in [1.54, 1.807) is 18.2 Å². The number of nitrogens with one attached hydrogen (secondary N) is 2. The van der Waals surface area contributed by atoms with E-state index in [1.807, 2.05) is 0 Å². The van der Waals surface area contributed by atoms with Crippen molar-refractivity contribution in [1.82, 2.24) is 5.32 Å². The van der Waals surface area contributed by atoms with Gasteiger partial charge in [0, 0.05) is 30.6 Å². The van der Waals surface area contributed by atoms with Gasteiger partial charge in [-0.2, -0.15) is 0 Å². The van der Waals surface area contributed by atoms with Gasteiger partial charge in [0.2, 0.25) is 5.91 Å². The molecule has 0 unspecified atom stereocenters. The molecule has 4 N–H and O–H groups in total. The zero-order valence-electron chi connectivity index (χ0n) is 16.5. The number of carbonyl (C=O) groups is 2. The number of carboxylic acid groups (broad SMARTS) is 1. The molecule has 7 heteroatoms. The molecule has 2 bridgehead atoms. The molecule has 0 aromatic heterocycles. The highest BCUT2D eigenvalue weighted by atomic mass is 16.5. The molecule has 2 aliphatic heterocycles. The molecule has 0 aliphatic carbocycles. The van der Waals surface area contributed by atoms with E-state index in [2.05, 4.69) is 22.8 Å². The summed E-state index contributed by atoms with van der Waals surface area (Å²) >= 11 is 0. The number of ether oxygens (including phenoxy) is 1. The summed E-state index contributed by atoms with van der Waals surface area (Å²) in [6.45, 7) is 0.938. The van der Waals surface area contributed by atoms with Gasteiger partial charge in [0.05, 0.1) is 18.8 Å². The molecule has 1 aromatic carbocycles. The molecule has 0 spiro atoms. The van der Waals surface area contributed by atoms with Crippen LogP contribution in [0.1, 0.15) is 38.5 Å². The Morgan fingerprint density at radius 1 is 1.17 bits per heavy atom. The number of aromatic hydroxyl groups is 1. The summed E-state index contributed by atoms with van der Waals surface area (Å²) in [6, 6.07) is 6.50. The number of rotatable bonds is 11. The molecular weight excluding hydrogens is 372 g/mol. The number of carboxylic acids is 1. The van der Waals surface area contributed by atoms with E-state index in [0.29, 0.717) is 23.9 Å². The summed E-state index contributed by atoms with van der Waals surface area (Å²) in [6.07, 6.45) is 9.52. The maximum atomic E-state index is 12.1. The molecule has 7 nitrogen and oxygen atoms in total. The highest BCUT2D eigenvalue weighted by Crippen LogP contribution is 2.44. The Morgan fingerprint density at radius 2 is 1.97 bits per heavy atom. The number of aliphatic carboxylic acids is 1. The molecule has 1 amide bonds. The van der Waals surface area contributed by atoms with Crippen molar-refractivity contribution < 1.29 is 24.5 Å². The standard InChI is InChI=1S/C22H30N2O5/c25-16-7-5-6-15(12-16)24-21(26)14-23-13-18-17(19-10-11-20(18)29-19)8-3-1-2-4-9-22(27)28/h1,3,5-7,12,17-20,23,25H,2,4,8-11,13-14H2,(H,24,26)(H,27,28)/t17-,18+,19-,20+/m1/s1. The monoisotopic (exact) mass is 402 g/mol. The lowest BCUT2D eigenvalue weighted by atomic mass is 9.77. The number of phenolic OH excluding ortho intramolecular Hbond substituents is 1. The fourth-order valence-electron chi connectivity index (χ4n) is 4.36. The second-order valence-electron chi connectivity index (χ2n) is 7.84. The van der Waals surface area contributed by atoms with Crippen molar-refractivity contribution in [1.29, 1.82) is 0 Å². The average molecular weight is 402 g/mol. The average Bonchev–Trinajstić information content (AvgIpc) is 3.26. The van der Waals surface area contributed by atoms with Gasteiger partial charge in [0.25, 0.3) is 0 Å². The van der Waals surface area contributed by atoms with Crippen molar-refractivity contribution in [2.45, 2.75) is 50.7 Å². The normalized spacial score (nSPS) is 25.5. The zero-order chi connectivity index (χ0) is 20.6. The lowest BCUT2D eigenvalue weighted by Gasteiger charge is -2.27. The van der Waals surface area contributed by atoms with Crippen LogP contribution in [0.4, 0.5) is 5.69 Å². The molecule has 4 atom stereocenters. The number of carbonyl (C=O) groups excluding carboxylic acids is 1. The van der Waals surface area contributed by atoms with E-state index in [1.165, 1.54) is 6.07 Å². The molecule has 1 aromatic rings. The molecule has 2 fully saturated rings. The van der Waals surface area contributed by atoms with Crippen molar-refractivity contribution in [2.75, 3.05) is 18.4 Å². The van der Waals surface area contributed by atoms with Gasteiger partial charge in [-0.25, -0.2) is 0 Å². The van der Waals surface area contributed by atoms with Crippen molar-refractivity contribution in [3.63, 3.8) is 0 Å². The quantitative estimate of drug-likeness (QED) is 0.335. The summed E-state index contributed by atoms with van der Waals surface area (Å²) in [5.41, 5.74) is 0.575. The largest absolute Gasteiger partial charge is 0.508 e. The molecule has 2 saturated heterocycles. The molecule has 3 rings (SSSR count). The Bertz CT molecular complexity index is 736. The second-order valence-corrected chi connectivity index (χ2v) is 7.84. The molecule has 2 aliphatic rings. The van der Waals surface area contributed by atoms with Gasteiger partial charge in [0.1, 0.15) is 5.75 Å². The number of fused-ring (bicyclic) bond motifs is 2. The molecular formula is C22H30N2O5. The maximum absolute atomic E-state index is 12.1. The highest BCUT2D eigenvalue weighted by Gasteiger charge is 2.47. The van der Waals surface area contributed by atoms with E-state index < -0.39 is 5.97 Å². The first-order valence-corrected chi connectivity index (χ1v) is 10.3. The van der Waals surface area contributed by atoms with Crippen LogP contribution >= 0.6 is 0 Å². The smallest absolute Gasteiger partial charge is 0.303 e. The van der Waals surface area contributed by atoms with Crippen LogP contribution in [0.15, 0.2) is 36.4 Å². The van der Waals surface area contributed by atoms with E-state index in [0.717, 1.165) is 32.2 Å². The predicted octanol–water partition coefficient (Wildman–Crippen LogP) is 2.92. The molecule has 0 radical (unpaired) electrons. The molecule has 158 valence electrons. The van der Waals surface area contributed by atoms with Crippen LogP contribution in [0.25, 0.3) is 0 Å². The minimum atomic E-state index is -0.751.